The second-order valence-corrected chi connectivity index (χ2v) is 6.42. The summed E-state index contributed by atoms with van der Waals surface area (Å²) in [6, 6.07) is 17.9. The summed E-state index contributed by atoms with van der Waals surface area (Å²) in [5.74, 6) is 1.25. The Morgan fingerprint density at radius 1 is 1.14 bits per heavy atom. The molecule has 116 valence electrons. The van der Waals surface area contributed by atoms with Gasteiger partial charge in [-0.05, 0) is 23.6 Å². The van der Waals surface area contributed by atoms with E-state index < -0.39 is 0 Å². The number of rotatable bonds is 7. The van der Waals surface area contributed by atoms with E-state index in [0.29, 0.717) is 5.75 Å². The van der Waals surface area contributed by atoms with Gasteiger partial charge in [0, 0.05) is 10.8 Å². The fraction of sp³-hybridized carbons (Fsp3) is 0.278. The van der Waals surface area contributed by atoms with Gasteiger partial charge in [0.25, 0.3) is 0 Å². The highest BCUT2D eigenvalue weighted by Gasteiger charge is 2.12. The van der Waals surface area contributed by atoms with Crippen LogP contribution in [0.2, 0.25) is 5.02 Å². The molecule has 0 bridgehead atoms. The van der Waals surface area contributed by atoms with E-state index in [2.05, 4.69) is 12.2 Å². The fourth-order valence-electron chi connectivity index (χ4n) is 2.21. The molecule has 1 amide bonds. The van der Waals surface area contributed by atoms with E-state index >= 15 is 0 Å². The summed E-state index contributed by atoms with van der Waals surface area (Å²) in [5, 5.41) is 3.85. The van der Waals surface area contributed by atoms with Crippen LogP contribution in [0.15, 0.2) is 54.6 Å². The average Bonchev–Trinajstić information content (AvgIpc) is 2.55. The Kier molecular flexibility index (Phi) is 6.81. The highest BCUT2D eigenvalue weighted by atomic mass is 35.5. The van der Waals surface area contributed by atoms with Gasteiger partial charge in [-0.25, -0.2) is 0 Å². The van der Waals surface area contributed by atoms with Crippen molar-refractivity contribution in [3.05, 3.63) is 70.7 Å². The maximum absolute atomic E-state index is 12.1. The van der Waals surface area contributed by atoms with Gasteiger partial charge in [0.05, 0.1) is 11.8 Å². The molecular formula is C18H20ClNOS. The second kappa shape index (κ2) is 8.86. The van der Waals surface area contributed by atoms with Gasteiger partial charge in [-0.2, -0.15) is 0 Å². The molecule has 0 unspecified atom stereocenters. The predicted octanol–water partition coefficient (Wildman–Crippen LogP) is 4.84. The lowest BCUT2D eigenvalue weighted by Gasteiger charge is -2.17. The minimum atomic E-state index is 0.0627. The molecule has 4 heteroatoms. The number of carbonyl (C=O) groups excluding carboxylic acids is 1. The van der Waals surface area contributed by atoms with Crippen LogP contribution >= 0.6 is 23.4 Å². The van der Waals surface area contributed by atoms with Crippen molar-refractivity contribution in [1.82, 2.24) is 5.32 Å². The number of hydrogen-bond donors (Lipinski definition) is 1. The van der Waals surface area contributed by atoms with Gasteiger partial charge in [-0.1, -0.05) is 67.1 Å². The van der Waals surface area contributed by atoms with E-state index in [-0.39, 0.29) is 11.9 Å². The second-order valence-electron chi connectivity index (χ2n) is 5.02. The summed E-state index contributed by atoms with van der Waals surface area (Å²) in [4.78, 5) is 12.1. The first-order valence-corrected chi connectivity index (χ1v) is 8.89. The summed E-state index contributed by atoms with van der Waals surface area (Å²) in [6.45, 7) is 2.08. The van der Waals surface area contributed by atoms with Gasteiger partial charge in [0.1, 0.15) is 0 Å². The zero-order valence-electron chi connectivity index (χ0n) is 12.6. The van der Waals surface area contributed by atoms with Crippen LogP contribution in [-0.2, 0) is 10.5 Å². The molecule has 2 aromatic rings. The molecule has 0 radical (unpaired) electrons. The molecule has 2 rings (SSSR count). The van der Waals surface area contributed by atoms with Crippen LogP contribution in [0.25, 0.3) is 0 Å². The van der Waals surface area contributed by atoms with Crippen LogP contribution in [0.4, 0.5) is 0 Å². The Balaban J connectivity index is 1.81. The molecule has 1 atom stereocenters. The van der Waals surface area contributed by atoms with Crippen molar-refractivity contribution >= 4 is 29.3 Å². The summed E-state index contributed by atoms with van der Waals surface area (Å²) in [5.41, 5.74) is 2.21. The lowest BCUT2D eigenvalue weighted by atomic mass is 10.0. The standard InChI is InChI=1S/C18H20ClNOS/c1-2-17(14-8-4-3-5-9-14)20-18(21)13-22-12-15-10-6-7-11-16(15)19/h3-11,17H,2,12-13H2,1H3,(H,20,21)/t17-/m0/s1. The van der Waals surface area contributed by atoms with Gasteiger partial charge >= 0.3 is 0 Å². The van der Waals surface area contributed by atoms with Gasteiger partial charge < -0.3 is 5.32 Å². The minimum Gasteiger partial charge on any atom is -0.349 e. The number of thioether (sulfide) groups is 1. The first-order chi connectivity index (χ1) is 10.7. The third-order valence-corrected chi connectivity index (χ3v) is 4.74. The Morgan fingerprint density at radius 3 is 2.50 bits per heavy atom. The first kappa shape index (κ1) is 16.9. The highest BCUT2D eigenvalue weighted by Crippen LogP contribution is 2.21. The van der Waals surface area contributed by atoms with Gasteiger partial charge in [-0.15, -0.1) is 11.8 Å². The first-order valence-electron chi connectivity index (χ1n) is 7.36. The maximum atomic E-state index is 12.1. The van der Waals surface area contributed by atoms with E-state index in [1.54, 1.807) is 11.8 Å². The molecule has 1 N–H and O–H groups in total. The smallest absolute Gasteiger partial charge is 0.230 e. The minimum absolute atomic E-state index is 0.0627. The Hall–Kier alpha value is -1.45. The number of benzene rings is 2. The van der Waals surface area contributed by atoms with E-state index in [1.165, 1.54) is 0 Å². The zero-order chi connectivity index (χ0) is 15.8. The molecule has 0 saturated carbocycles. The number of amides is 1. The molecule has 0 saturated heterocycles. The summed E-state index contributed by atoms with van der Waals surface area (Å²) in [6.07, 6.45) is 0.880. The maximum Gasteiger partial charge on any atom is 0.230 e. The number of halogens is 1. The van der Waals surface area contributed by atoms with E-state index in [9.17, 15) is 4.79 Å². The molecule has 0 aliphatic carbocycles. The molecule has 0 heterocycles. The molecule has 22 heavy (non-hydrogen) atoms. The Bertz CT molecular complexity index is 603. The van der Waals surface area contributed by atoms with Crippen molar-refractivity contribution in [3.8, 4) is 0 Å². The van der Waals surface area contributed by atoms with Gasteiger partial charge in [0.2, 0.25) is 5.91 Å². The van der Waals surface area contributed by atoms with Crippen molar-refractivity contribution < 1.29 is 4.79 Å². The summed E-state index contributed by atoms with van der Waals surface area (Å²) in [7, 11) is 0. The van der Waals surface area contributed by atoms with E-state index in [4.69, 9.17) is 11.6 Å². The summed E-state index contributed by atoms with van der Waals surface area (Å²) >= 11 is 7.69. The van der Waals surface area contributed by atoms with Crippen LogP contribution in [0.5, 0.6) is 0 Å². The lowest BCUT2D eigenvalue weighted by molar-refractivity contribution is -0.119. The monoisotopic (exact) mass is 333 g/mol. The van der Waals surface area contributed by atoms with Gasteiger partial charge in [0.15, 0.2) is 0 Å². The molecule has 0 aromatic heterocycles. The Labute approximate surface area is 141 Å². The van der Waals surface area contributed by atoms with E-state index in [1.807, 2.05) is 54.6 Å². The molecule has 0 fully saturated rings. The van der Waals surface area contributed by atoms with Crippen molar-refractivity contribution in [2.24, 2.45) is 0 Å². The molecular weight excluding hydrogens is 314 g/mol. The fourth-order valence-corrected chi connectivity index (χ4v) is 3.34. The van der Waals surface area contributed by atoms with Crippen LogP contribution in [0, 0.1) is 0 Å². The topological polar surface area (TPSA) is 29.1 Å². The Morgan fingerprint density at radius 2 is 1.82 bits per heavy atom. The zero-order valence-corrected chi connectivity index (χ0v) is 14.2. The number of hydrogen-bond acceptors (Lipinski definition) is 2. The van der Waals surface area contributed by atoms with Crippen molar-refractivity contribution in [2.75, 3.05) is 5.75 Å². The largest absolute Gasteiger partial charge is 0.349 e. The van der Waals surface area contributed by atoms with Crippen molar-refractivity contribution in [2.45, 2.75) is 25.1 Å². The molecule has 0 aliphatic rings. The van der Waals surface area contributed by atoms with Crippen LogP contribution in [0.1, 0.15) is 30.5 Å². The number of nitrogens with one attached hydrogen (secondary N) is 1. The average molecular weight is 334 g/mol. The molecule has 0 spiro atoms. The summed E-state index contributed by atoms with van der Waals surface area (Å²) < 4.78 is 0. The van der Waals surface area contributed by atoms with Crippen molar-refractivity contribution in [3.63, 3.8) is 0 Å². The quantitative estimate of drug-likeness (QED) is 0.785. The molecule has 0 aliphatic heterocycles. The predicted molar refractivity (Wildman–Crippen MR) is 95.2 cm³/mol. The lowest BCUT2D eigenvalue weighted by Crippen LogP contribution is -2.29. The van der Waals surface area contributed by atoms with Crippen LogP contribution in [-0.4, -0.2) is 11.7 Å². The third-order valence-electron chi connectivity index (χ3n) is 3.39. The number of carbonyl (C=O) groups is 1. The highest BCUT2D eigenvalue weighted by molar-refractivity contribution is 7.99. The van der Waals surface area contributed by atoms with Crippen LogP contribution < -0.4 is 5.32 Å². The normalized spacial score (nSPS) is 11.9. The van der Waals surface area contributed by atoms with E-state index in [0.717, 1.165) is 28.3 Å². The van der Waals surface area contributed by atoms with Crippen LogP contribution in [0.3, 0.4) is 0 Å². The molecule has 2 aromatic carbocycles. The SMILES string of the molecule is CC[C@H](NC(=O)CSCc1ccccc1Cl)c1ccccc1. The van der Waals surface area contributed by atoms with Gasteiger partial charge in [-0.3, -0.25) is 4.79 Å². The third kappa shape index (κ3) is 5.08. The molecule has 2 nitrogen and oxygen atoms in total. The van der Waals surface area contributed by atoms with Crippen molar-refractivity contribution in [1.29, 1.82) is 0 Å².